The number of hydrazine groups is 1. The first-order valence-electron chi connectivity index (χ1n) is 7.07. The predicted molar refractivity (Wildman–Crippen MR) is 90.9 cm³/mol. The van der Waals surface area contributed by atoms with Crippen molar-refractivity contribution in [3.05, 3.63) is 75.7 Å². The molecule has 0 amide bonds. The SMILES string of the molecule is Cn1cc(C#Cc2cccc(O/C(NN)=C(/N)C(=O)O)c2)ccc1=O. The topological polar surface area (TPSA) is 133 Å². The largest absolute Gasteiger partial charge is 0.476 e. The van der Waals surface area contributed by atoms with E-state index in [1.54, 1.807) is 43.6 Å². The maximum Gasteiger partial charge on any atom is 0.357 e. The van der Waals surface area contributed by atoms with Crippen LogP contribution in [0, 0.1) is 11.8 Å². The number of aryl methyl sites for hydroxylation is 1. The third-order valence-corrected chi connectivity index (χ3v) is 3.10. The van der Waals surface area contributed by atoms with Crippen molar-refractivity contribution in [3.63, 3.8) is 0 Å². The molecule has 2 aromatic rings. The lowest BCUT2D eigenvalue weighted by molar-refractivity contribution is -0.132. The molecule has 0 atom stereocenters. The van der Waals surface area contributed by atoms with Crippen molar-refractivity contribution in [1.29, 1.82) is 0 Å². The Morgan fingerprint density at radius 3 is 2.60 bits per heavy atom. The van der Waals surface area contributed by atoms with Gasteiger partial charge in [-0.1, -0.05) is 17.9 Å². The molecule has 0 aliphatic carbocycles. The van der Waals surface area contributed by atoms with Crippen molar-refractivity contribution in [2.75, 3.05) is 0 Å². The van der Waals surface area contributed by atoms with Crippen LogP contribution in [0.4, 0.5) is 0 Å². The second-order valence-corrected chi connectivity index (χ2v) is 4.94. The maximum atomic E-state index is 11.3. The average Bonchev–Trinajstić information content (AvgIpc) is 2.60. The molecule has 8 heteroatoms. The summed E-state index contributed by atoms with van der Waals surface area (Å²) in [4.78, 5) is 22.2. The van der Waals surface area contributed by atoms with Crippen molar-refractivity contribution < 1.29 is 14.6 Å². The summed E-state index contributed by atoms with van der Waals surface area (Å²) in [6.45, 7) is 0. The molecule has 25 heavy (non-hydrogen) atoms. The Labute approximate surface area is 143 Å². The number of nitrogens with one attached hydrogen (secondary N) is 1. The molecule has 0 aliphatic heterocycles. The number of carboxylic acid groups (broad SMARTS) is 1. The lowest BCUT2D eigenvalue weighted by atomic mass is 10.2. The molecular weight excluding hydrogens is 324 g/mol. The molecule has 0 fully saturated rings. The van der Waals surface area contributed by atoms with E-state index in [0.717, 1.165) is 0 Å². The summed E-state index contributed by atoms with van der Waals surface area (Å²) in [5.41, 5.74) is 8.10. The number of nitrogens with zero attached hydrogens (tertiary/aromatic N) is 1. The van der Waals surface area contributed by atoms with Gasteiger partial charge in [0.2, 0.25) is 11.4 Å². The number of benzene rings is 1. The van der Waals surface area contributed by atoms with E-state index in [9.17, 15) is 9.59 Å². The van der Waals surface area contributed by atoms with E-state index in [-0.39, 0.29) is 11.4 Å². The van der Waals surface area contributed by atoms with Gasteiger partial charge in [0.15, 0.2) is 5.70 Å². The highest BCUT2D eigenvalue weighted by Gasteiger charge is 2.12. The first-order chi connectivity index (χ1) is 11.9. The lowest BCUT2D eigenvalue weighted by Gasteiger charge is -2.10. The second-order valence-electron chi connectivity index (χ2n) is 4.94. The number of aliphatic carboxylic acids is 1. The molecule has 0 radical (unpaired) electrons. The summed E-state index contributed by atoms with van der Waals surface area (Å²) in [7, 11) is 1.64. The summed E-state index contributed by atoms with van der Waals surface area (Å²) >= 11 is 0. The molecule has 1 aromatic heterocycles. The smallest absolute Gasteiger partial charge is 0.357 e. The van der Waals surface area contributed by atoms with Crippen LogP contribution in [0.25, 0.3) is 0 Å². The van der Waals surface area contributed by atoms with E-state index in [0.29, 0.717) is 16.9 Å². The number of hydrogen-bond donors (Lipinski definition) is 4. The molecule has 128 valence electrons. The first kappa shape index (κ1) is 17.7. The molecule has 6 N–H and O–H groups in total. The number of carboxylic acids is 1. The van der Waals surface area contributed by atoms with Crippen molar-refractivity contribution in [2.24, 2.45) is 18.6 Å². The van der Waals surface area contributed by atoms with Gasteiger partial charge in [0.05, 0.1) is 0 Å². The standard InChI is InChI=1S/C17H16N4O4/c1-21-10-12(7-8-14(21)22)6-5-11-3-2-4-13(9-11)25-16(20-19)15(18)17(23)24/h2-4,7-10,20H,18-19H2,1H3,(H,23,24)/b16-15+. The third kappa shape index (κ3) is 4.63. The molecule has 0 aliphatic rings. The summed E-state index contributed by atoms with van der Waals surface area (Å²) in [6, 6.07) is 9.70. The normalized spacial score (nSPS) is 11.0. The fourth-order valence-corrected chi connectivity index (χ4v) is 1.83. The van der Waals surface area contributed by atoms with Gasteiger partial charge in [-0.2, -0.15) is 0 Å². The predicted octanol–water partition coefficient (Wildman–Crippen LogP) is -0.160. The molecule has 1 aromatic carbocycles. The highest BCUT2D eigenvalue weighted by Crippen LogP contribution is 2.15. The summed E-state index contributed by atoms with van der Waals surface area (Å²) in [6.07, 6.45) is 1.63. The number of pyridine rings is 1. The molecule has 1 heterocycles. The van der Waals surface area contributed by atoms with E-state index in [4.69, 9.17) is 21.4 Å². The van der Waals surface area contributed by atoms with E-state index in [1.807, 2.05) is 0 Å². The third-order valence-electron chi connectivity index (χ3n) is 3.10. The van der Waals surface area contributed by atoms with Crippen LogP contribution in [0.15, 0.2) is 59.0 Å². The Bertz CT molecular complexity index is 951. The fraction of sp³-hybridized carbons (Fsp3) is 0.0588. The second kappa shape index (κ2) is 7.72. The number of ether oxygens (including phenoxy) is 1. The van der Waals surface area contributed by atoms with Crippen molar-refractivity contribution in [1.82, 2.24) is 9.99 Å². The van der Waals surface area contributed by atoms with Gasteiger partial charge < -0.3 is 20.1 Å². The first-order valence-corrected chi connectivity index (χ1v) is 7.07. The minimum Gasteiger partial charge on any atom is -0.476 e. The minimum absolute atomic E-state index is 0.120. The lowest BCUT2D eigenvalue weighted by Crippen LogP contribution is -2.31. The van der Waals surface area contributed by atoms with Gasteiger partial charge >= 0.3 is 5.97 Å². The molecule has 0 unspecified atom stereocenters. The van der Waals surface area contributed by atoms with Gasteiger partial charge in [-0.15, -0.1) is 0 Å². The number of hydrogen-bond acceptors (Lipinski definition) is 6. The molecule has 0 bridgehead atoms. The maximum absolute atomic E-state index is 11.3. The highest BCUT2D eigenvalue weighted by atomic mass is 16.5. The van der Waals surface area contributed by atoms with Crippen LogP contribution in [-0.2, 0) is 11.8 Å². The van der Waals surface area contributed by atoms with E-state index in [2.05, 4.69) is 17.3 Å². The van der Waals surface area contributed by atoms with E-state index < -0.39 is 11.7 Å². The van der Waals surface area contributed by atoms with Crippen LogP contribution in [0.5, 0.6) is 5.75 Å². The zero-order valence-electron chi connectivity index (χ0n) is 13.3. The zero-order valence-corrected chi connectivity index (χ0v) is 13.3. The Morgan fingerprint density at radius 2 is 1.96 bits per heavy atom. The Hall–Kier alpha value is -3.70. The van der Waals surface area contributed by atoms with Crippen LogP contribution >= 0.6 is 0 Å². The van der Waals surface area contributed by atoms with Gasteiger partial charge in [0, 0.05) is 30.4 Å². The van der Waals surface area contributed by atoms with Crippen molar-refractivity contribution >= 4 is 5.97 Å². The van der Waals surface area contributed by atoms with Gasteiger partial charge in [-0.3, -0.25) is 10.2 Å². The number of nitrogens with two attached hydrogens (primary N) is 2. The van der Waals surface area contributed by atoms with Gasteiger partial charge in [-0.25, -0.2) is 10.6 Å². The summed E-state index contributed by atoms with van der Waals surface area (Å²) < 4.78 is 6.77. The Kier molecular flexibility index (Phi) is 5.45. The van der Waals surface area contributed by atoms with E-state index in [1.165, 1.54) is 10.6 Å². The van der Waals surface area contributed by atoms with E-state index >= 15 is 0 Å². The molecule has 2 rings (SSSR count). The van der Waals surface area contributed by atoms with Crippen molar-refractivity contribution in [3.8, 4) is 17.6 Å². The fourth-order valence-electron chi connectivity index (χ4n) is 1.83. The van der Waals surface area contributed by atoms with Crippen LogP contribution in [0.3, 0.4) is 0 Å². The number of carbonyl (C=O) groups is 1. The van der Waals surface area contributed by atoms with Crippen LogP contribution in [0.2, 0.25) is 0 Å². The van der Waals surface area contributed by atoms with Gasteiger partial charge in [-0.05, 0) is 24.3 Å². The number of rotatable bonds is 4. The van der Waals surface area contributed by atoms with Crippen LogP contribution in [0.1, 0.15) is 11.1 Å². The van der Waals surface area contributed by atoms with Gasteiger partial charge in [0.25, 0.3) is 0 Å². The van der Waals surface area contributed by atoms with Crippen LogP contribution in [-0.4, -0.2) is 15.6 Å². The molecule has 0 saturated heterocycles. The number of aromatic nitrogens is 1. The molecule has 8 nitrogen and oxygen atoms in total. The summed E-state index contributed by atoms with van der Waals surface area (Å²) in [5.74, 6) is 9.75. The van der Waals surface area contributed by atoms with Gasteiger partial charge in [0.1, 0.15) is 5.75 Å². The zero-order chi connectivity index (χ0) is 18.4. The van der Waals surface area contributed by atoms with Crippen molar-refractivity contribution in [2.45, 2.75) is 0 Å². The monoisotopic (exact) mass is 340 g/mol. The molecular formula is C17H16N4O4. The Balaban J connectivity index is 2.26. The van der Waals surface area contributed by atoms with Crippen LogP contribution < -0.4 is 27.3 Å². The molecule has 0 spiro atoms. The average molecular weight is 340 g/mol. The highest BCUT2D eigenvalue weighted by molar-refractivity contribution is 5.85. The Morgan fingerprint density at radius 1 is 1.24 bits per heavy atom. The minimum atomic E-state index is -1.36. The molecule has 0 saturated carbocycles. The quantitative estimate of drug-likeness (QED) is 0.200. The summed E-state index contributed by atoms with van der Waals surface area (Å²) in [5, 5.41) is 8.86.